The Hall–Kier alpha value is -2.25. The van der Waals surface area contributed by atoms with Gasteiger partial charge in [-0.2, -0.15) is 0 Å². The molecule has 0 N–H and O–H groups in total. The van der Waals surface area contributed by atoms with Crippen molar-refractivity contribution < 1.29 is 9.53 Å². The fraction of sp³-hybridized carbons (Fsp3) is 0.591. The number of likely N-dealkylation sites (tertiary alicyclic amines) is 1. The van der Waals surface area contributed by atoms with Crippen LogP contribution in [0.5, 0.6) is 5.75 Å². The largest absolute Gasteiger partial charge is 0.493 e. The second-order valence-electron chi connectivity index (χ2n) is 8.20. The van der Waals surface area contributed by atoms with Crippen LogP contribution in [0, 0.1) is 0 Å². The van der Waals surface area contributed by atoms with Crippen molar-refractivity contribution in [3.8, 4) is 5.75 Å². The highest BCUT2D eigenvalue weighted by atomic mass is 16.5. The van der Waals surface area contributed by atoms with E-state index >= 15 is 0 Å². The highest BCUT2D eigenvalue weighted by Gasteiger charge is 2.22. The van der Waals surface area contributed by atoms with Gasteiger partial charge < -0.3 is 19.4 Å². The van der Waals surface area contributed by atoms with E-state index in [0.717, 1.165) is 100 Å². The first-order chi connectivity index (χ1) is 14.2. The topological polar surface area (TPSA) is 61.8 Å². The molecule has 0 bridgehead atoms. The summed E-state index contributed by atoms with van der Waals surface area (Å²) < 4.78 is 6.00. The van der Waals surface area contributed by atoms with Crippen LogP contribution in [0.4, 0.5) is 0 Å². The van der Waals surface area contributed by atoms with E-state index in [1.54, 1.807) is 6.33 Å². The lowest BCUT2D eigenvalue weighted by atomic mass is 9.91. The molecule has 7 heteroatoms. The Kier molecular flexibility index (Phi) is 6.56. The summed E-state index contributed by atoms with van der Waals surface area (Å²) in [6, 6.07) is 6.15. The van der Waals surface area contributed by atoms with Gasteiger partial charge in [0.05, 0.1) is 17.8 Å². The summed E-state index contributed by atoms with van der Waals surface area (Å²) in [6.07, 6.45) is 5.54. The molecule has 29 heavy (non-hydrogen) atoms. The van der Waals surface area contributed by atoms with Crippen LogP contribution >= 0.6 is 0 Å². The summed E-state index contributed by atoms with van der Waals surface area (Å²) in [5.41, 5.74) is 2.03. The molecule has 2 fully saturated rings. The van der Waals surface area contributed by atoms with E-state index in [0.29, 0.717) is 5.92 Å². The molecule has 1 aromatic carbocycles. The van der Waals surface area contributed by atoms with Gasteiger partial charge in [-0.05, 0) is 38.4 Å². The standard InChI is InChI=1S/C22H31N5O2/c1-25-10-12-26(13-11-25)7-2-14-29-19-3-4-20-21(15-19)23-16-24-22(20)18-5-8-27(17-28)9-6-18/h3-4,15-18H,2,5-14H2,1H3. The van der Waals surface area contributed by atoms with Gasteiger partial charge in [-0.25, -0.2) is 9.97 Å². The quantitative estimate of drug-likeness (QED) is 0.526. The summed E-state index contributed by atoms with van der Waals surface area (Å²) in [6.45, 7) is 8.02. The number of fused-ring (bicyclic) bond motifs is 1. The molecule has 0 atom stereocenters. The third-order valence-corrected chi connectivity index (χ3v) is 6.19. The third kappa shape index (κ3) is 5.03. The molecule has 156 valence electrons. The van der Waals surface area contributed by atoms with E-state index in [1.165, 1.54) is 0 Å². The first kappa shape index (κ1) is 20.0. The molecule has 0 radical (unpaired) electrons. The number of benzene rings is 1. The van der Waals surface area contributed by atoms with Gasteiger partial charge in [-0.15, -0.1) is 0 Å². The molecule has 0 unspecified atom stereocenters. The van der Waals surface area contributed by atoms with Gasteiger partial charge >= 0.3 is 0 Å². The molecule has 7 nitrogen and oxygen atoms in total. The van der Waals surface area contributed by atoms with E-state index in [2.05, 4.69) is 32.9 Å². The van der Waals surface area contributed by atoms with E-state index in [1.807, 2.05) is 17.0 Å². The molecule has 3 heterocycles. The summed E-state index contributed by atoms with van der Waals surface area (Å²) >= 11 is 0. The maximum absolute atomic E-state index is 10.9. The lowest BCUT2D eigenvalue weighted by molar-refractivity contribution is -0.119. The molecule has 1 amide bonds. The lowest BCUT2D eigenvalue weighted by Gasteiger charge is -2.32. The van der Waals surface area contributed by atoms with Crippen LogP contribution in [0.1, 0.15) is 30.9 Å². The average Bonchev–Trinajstić information content (AvgIpc) is 2.77. The molecular formula is C22H31N5O2. The minimum absolute atomic E-state index is 0.382. The maximum atomic E-state index is 10.9. The normalized spacial score (nSPS) is 19.6. The van der Waals surface area contributed by atoms with Crippen molar-refractivity contribution >= 4 is 17.3 Å². The minimum atomic E-state index is 0.382. The highest BCUT2D eigenvalue weighted by Crippen LogP contribution is 2.31. The number of rotatable bonds is 7. The van der Waals surface area contributed by atoms with Crippen LogP contribution in [-0.2, 0) is 4.79 Å². The van der Waals surface area contributed by atoms with E-state index in [9.17, 15) is 4.79 Å². The zero-order valence-electron chi connectivity index (χ0n) is 17.3. The van der Waals surface area contributed by atoms with Crippen molar-refractivity contribution in [1.82, 2.24) is 24.7 Å². The molecule has 1 aromatic heterocycles. The van der Waals surface area contributed by atoms with Crippen molar-refractivity contribution in [3.05, 3.63) is 30.2 Å². The Morgan fingerprint density at radius 2 is 1.90 bits per heavy atom. The number of amides is 1. The van der Waals surface area contributed by atoms with Gasteiger partial charge in [-0.3, -0.25) is 4.79 Å². The predicted octanol–water partition coefficient (Wildman–Crippen LogP) is 1.98. The zero-order chi connectivity index (χ0) is 20.1. The molecule has 2 aliphatic rings. The number of carbonyl (C=O) groups excluding carboxylic acids is 1. The Bertz CT molecular complexity index is 814. The summed E-state index contributed by atoms with van der Waals surface area (Å²) in [5.74, 6) is 1.25. The van der Waals surface area contributed by atoms with Gasteiger partial charge in [-0.1, -0.05) is 0 Å². The molecule has 2 aromatic rings. The summed E-state index contributed by atoms with van der Waals surface area (Å²) in [5, 5.41) is 1.10. The van der Waals surface area contributed by atoms with E-state index < -0.39 is 0 Å². The van der Waals surface area contributed by atoms with Crippen molar-refractivity contribution in [2.45, 2.75) is 25.2 Å². The van der Waals surface area contributed by atoms with Crippen LogP contribution in [0.3, 0.4) is 0 Å². The number of nitrogens with zero attached hydrogens (tertiary/aromatic N) is 5. The molecule has 0 aliphatic carbocycles. The fourth-order valence-electron chi connectivity index (χ4n) is 4.30. The number of hydrogen-bond donors (Lipinski definition) is 0. The molecule has 2 saturated heterocycles. The fourth-order valence-corrected chi connectivity index (χ4v) is 4.30. The van der Waals surface area contributed by atoms with Crippen LogP contribution in [0.25, 0.3) is 10.9 Å². The van der Waals surface area contributed by atoms with E-state index in [-0.39, 0.29) is 0 Å². The first-order valence-corrected chi connectivity index (χ1v) is 10.7. The SMILES string of the molecule is CN1CCN(CCCOc2ccc3c(C4CCN(C=O)CC4)ncnc3c2)CC1. The zero-order valence-corrected chi connectivity index (χ0v) is 17.3. The van der Waals surface area contributed by atoms with Crippen molar-refractivity contribution in [2.24, 2.45) is 0 Å². The number of hydrogen-bond acceptors (Lipinski definition) is 6. The summed E-state index contributed by atoms with van der Waals surface area (Å²) in [7, 11) is 2.18. The van der Waals surface area contributed by atoms with Crippen LogP contribution in [0.15, 0.2) is 24.5 Å². The molecule has 2 aliphatic heterocycles. The Morgan fingerprint density at radius 1 is 1.10 bits per heavy atom. The Morgan fingerprint density at radius 3 is 2.66 bits per heavy atom. The van der Waals surface area contributed by atoms with Gasteiger partial charge in [0.25, 0.3) is 0 Å². The smallest absolute Gasteiger partial charge is 0.209 e. The summed E-state index contributed by atoms with van der Waals surface area (Å²) in [4.78, 5) is 26.7. The van der Waals surface area contributed by atoms with Crippen molar-refractivity contribution in [3.63, 3.8) is 0 Å². The van der Waals surface area contributed by atoms with Gasteiger partial charge in [0, 0.05) is 63.2 Å². The van der Waals surface area contributed by atoms with Crippen LogP contribution < -0.4 is 4.74 Å². The Balaban J connectivity index is 1.33. The predicted molar refractivity (Wildman–Crippen MR) is 113 cm³/mol. The number of aromatic nitrogens is 2. The number of ether oxygens (including phenoxy) is 1. The maximum Gasteiger partial charge on any atom is 0.209 e. The van der Waals surface area contributed by atoms with E-state index in [4.69, 9.17) is 4.74 Å². The lowest BCUT2D eigenvalue weighted by Crippen LogP contribution is -2.44. The van der Waals surface area contributed by atoms with Gasteiger partial charge in [0.1, 0.15) is 12.1 Å². The second kappa shape index (κ2) is 9.50. The molecule has 4 rings (SSSR count). The number of piperazine rings is 1. The minimum Gasteiger partial charge on any atom is -0.493 e. The second-order valence-corrected chi connectivity index (χ2v) is 8.20. The van der Waals surface area contributed by atoms with Gasteiger partial charge in [0.15, 0.2) is 0 Å². The Labute approximate surface area is 172 Å². The third-order valence-electron chi connectivity index (χ3n) is 6.19. The van der Waals surface area contributed by atoms with Crippen molar-refractivity contribution in [1.29, 1.82) is 0 Å². The monoisotopic (exact) mass is 397 g/mol. The molecule has 0 saturated carbocycles. The number of likely N-dealkylation sites (N-methyl/N-ethyl adjacent to an activating group) is 1. The average molecular weight is 398 g/mol. The number of carbonyl (C=O) groups is 1. The highest BCUT2D eigenvalue weighted by molar-refractivity contribution is 5.82. The van der Waals surface area contributed by atoms with Gasteiger partial charge in [0.2, 0.25) is 6.41 Å². The molecular weight excluding hydrogens is 366 g/mol. The number of piperidine rings is 1. The van der Waals surface area contributed by atoms with Crippen LogP contribution in [-0.4, -0.2) is 90.5 Å². The first-order valence-electron chi connectivity index (χ1n) is 10.7. The molecule has 0 spiro atoms. The van der Waals surface area contributed by atoms with Crippen LogP contribution in [0.2, 0.25) is 0 Å². The van der Waals surface area contributed by atoms with Crippen molar-refractivity contribution in [2.75, 3.05) is 59.5 Å².